The van der Waals surface area contributed by atoms with Crippen molar-refractivity contribution in [1.29, 1.82) is 0 Å². The van der Waals surface area contributed by atoms with Gasteiger partial charge in [-0.3, -0.25) is 0 Å². The lowest BCUT2D eigenvalue weighted by Gasteiger charge is -2.33. The molecule has 0 fully saturated rings. The van der Waals surface area contributed by atoms with E-state index >= 15 is 0 Å². The van der Waals surface area contributed by atoms with Crippen LogP contribution in [0.3, 0.4) is 0 Å². The second-order valence-corrected chi connectivity index (χ2v) is 4.08. The molecule has 0 saturated carbocycles. The fourth-order valence-corrected chi connectivity index (χ4v) is 1.92. The molecule has 0 amide bonds. The maximum absolute atomic E-state index is 5.76. The average Bonchev–Trinajstić information content (AvgIpc) is 1.98. The molecule has 0 aliphatic heterocycles. The molecule has 0 aromatic rings. The standard InChI is InChI=1S/C10H24N2/c1-6-10(12(4)5)9(7-11)8(2)3/h8-10H,6-7,11H2,1-5H3. The summed E-state index contributed by atoms with van der Waals surface area (Å²) >= 11 is 0. The highest BCUT2D eigenvalue weighted by Gasteiger charge is 2.22. The van der Waals surface area contributed by atoms with Gasteiger partial charge in [0.25, 0.3) is 0 Å². The molecule has 2 nitrogen and oxygen atoms in total. The van der Waals surface area contributed by atoms with E-state index in [9.17, 15) is 0 Å². The largest absolute Gasteiger partial charge is 0.330 e. The quantitative estimate of drug-likeness (QED) is 0.682. The summed E-state index contributed by atoms with van der Waals surface area (Å²) < 4.78 is 0. The normalized spacial score (nSPS) is 17.0. The molecule has 2 unspecified atom stereocenters. The first-order chi connectivity index (χ1) is 5.54. The molecule has 2 atom stereocenters. The SMILES string of the molecule is CCC(C(CN)C(C)C)N(C)C. The van der Waals surface area contributed by atoms with Gasteiger partial charge in [-0.1, -0.05) is 20.8 Å². The molecule has 0 aromatic heterocycles. The molecule has 74 valence electrons. The fourth-order valence-electron chi connectivity index (χ4n) is 1.92. The summed E-state index contributed by atoms with van der Waals surface area (Å²) in [5, 5.41) is 0. The Hall–Kier alpha value is -0.0800. The summed E-state index contributed by atoms with van der Waals surface area (Å²) in [5.41, 5.74) is 5.76. The maximum atomic E-state index is 5.76. The third-order valence-corrected chi connectivity index (χ3v) is 2.70. The number of nitrogens with two attached hydrogens (primary N) is 1. The molecule has 0 radical (unpaired) electrons. The first-order valence-electron chi connectivity index (χ1n) is 4.91. The van der Waals surface area contributed by atoms with Crippen molar-refractivity contribution in [2.45, 2.75) is 33.2 Å². The van der Waals surface area contributed by atoms with Crippen LogP contribution in [0.4, 0.5) is 0 Å². The van der Waals surface area contributed by atoms with Gasteiger partial charge in [0, 0.05) is 6.04 Å². The summed E-state index contributed by atoms with van der Waals surface area (Å²) in [6.07, 6.45) is 1.19. The highest BCUT2D eigenvalue weighted by molar-refractivity contribution is 4.77. The van der Waals surface area contributed by atoms with E-state index in [-0.39, 0.29) is 0 Å². The van der Waals surface area contributed by atoms with Gasteiger partial charge in [-0.15, -0.1) is 0 Å². The van der Waals surface area contributed by atoms with Crippen LogP contribution >= 0.6 is 0 Å². The highest BCUT2D eigenvalue weighted by Crippen LogP contribution is 2.19. The number of nitrogens with zero attached hydrogens (tertiary/aromatic N) is 1. The van der Waals surface area contributed by atoms with Gasteiger partial charge in [-0.2, -0.15) is 0 Å². The summed E-state index contributed by atoms with van der Waals surface area (Å²) in [6, 6.07) is 0.634. The maximum Gasteiger partial charge on any atom is 0.0129 e. The molecule has 0 aliphatic carbocycles. The molecule has 0 spiro atoms. The number of rotatable bonds is 5. The molecular formula is C10H24N2. The van der Waals surface area contributed by atoms with Gasteiger partial charge in [-0.25, -0.2) is 0 Å². The third kappa shape index (κ3) is 3.11. The minimum absolute atomic E-state index is 0.630. The Morgan fingerprint density at radius 2 is 1.75 bits per heavy atom. The molecule has 0 rings (SSSR count). The predicted molar refractivity (Wildman–Crippen MR) is 55.1 cm³/mol. The smallest absolute Gasteiger partial charge is 0.0129 e. The Bertz CT molecular complexity index is 96.4. The molecule has 12 heavy (non-hydrogen) atoms. The molecule has 0 saturated heterocycles. The topological polar surface area (TPSA) is 29.3 Å². The van der Waals surface area contributed by atoms with Crippen molar-refractivity contribution in [2.75, 3.05) is 20.6 Å². The first kappa shape index (κ1) is 11.9. The number of hydrogen-bond acceptors (Lipinski definition) is 2. The van der Waals surface area contributed by atoms with Crippen LogP contribution in [0.1, 0.15) is 27.2 Å². The Kier molecular flexibility index (Phi) is 5.51. The minimum Gasteiger partial charge on any atom is -0.330 e. The van der Waals surface area contributed by atoms with E-state index in [1.807, 2.05) is 0 Å². The van der Waals surface area contributed by atoms with E-state index in [1.54, 1.807) is 0 Å². The van der Waals surface area contributed by atoms with Gasteiger partial charge in [0.05, 0.1) is 0 Å². The fraction of sp³-hybridized carbons (Fsp3) is 1.00. The van der Waals surface area contributed by atoms with Crippen molar-refractivity contribution in [3.05, 3.63) is 0 Å². The van der Waals surface area contributed by atoms with Gasteiger partial charge >= 0.3 is 0 Å². The van der Waals surface area contributed by atoms with Crippen LogP contribution in [0.15, 0.2) is 0 Å². The van der Waals surface area contributed by atoms with Crippen LogP contribution in [0.2, 0.25) is 0 Å². The zero-order valence-electron chi connectivity index (χ0n) is 9.17. The lowest BCUT2D eigenvalue weighted by atomic mass is 9.86. The number of hydrogen-bond donors (Lipinski definition) is 1. The van der Waals surface area contributed by atoms with Crippen molar-refractivity contribution < 1.29 is 0 Å². The lowest BCUT2D eigenvalue weighted by molar-refractivity contribution is 0.169. The molecule has 0 bridgehead atoms. The van der Waals surface area contributed by atoms with E-state index in [0.29, 0.717) is 17.9 Å². The van der Waals surface area contributed by atoms with Crippen molar-refractivity contribution in [3.8, 4) is 0 Å². The van der Waals surface area contributed by atoms with E-state index in [2.05, 4.69) is 39.8 Å². The minimum atomic E-state index is 0.630. The van der Waals surface area contributed by atoms with Crippen molar-refractivity contribution in [2.24, 2.45) is 17.6 Å². The van der Waals surface area contributed by atoms with Gasteiger partial charge in [-0.05, 0) is 38.9 Å². The first-order valence-corrected chi connectivity index (χ1v) is 4.91. The van der Waals surface area contributed by atoms with Crippen LogP contribution in [0.5, 0.6) is 0 Å². The second-order valence-electron chi connectivity index (χ2n) is 4.08. The second kappa shape index (κ2) is 5.55. The summed E-state index contributed by atoms with van der Waals surface area (Å²) in [7, 11) is 4.28. The van der Waals surface area contributed by atoms with Crippen LogP contribution in [-0.4, -0.2) is 31.6 Å². The molecule has 0 heterocycles. The van der Waals surface area contributed by atoms with Crippen molar-refractivity contribution in [3.63, 3.8) is 0 Å². The Morgan fingerprint density at radius 3 is 1.83 bits per heavy atom. The van der Waals surface area contributed by atoms with Crippen LogP contribution < -0.4 is 5.73 Å². The van der Waals surface area contributed by atoms with E-state index in [4.69, 9.17) is 5.73 Å². The summed E-state index contributed by atoms with van der Waals surface area (Å²) in [6.45, 7) is 7.54. The monoisotopic (exact) mass is 172 g/mol. The zero-order valence-corrected chi connectivity index (χ0v) is 9.17. The Labute approximate surface area is 77.1 Å². The van der Waals surface area contributed by atoms with Gasteiger partial charge < -0.3 is 10.6 Å². The molecule has 2 N–H and O–H groups in total. The average molecular weight is 172 g/mol. The van der Waals surface area contributed by atoms with Crippen molar-refractivity contribution >= 4 is 0 Å². The lowest BCUT2D eigenvalue weighted by Crippen LogP contribution is -2.41. The van der Waals surface area contributed by atoms with Crippen LogP contribution in [0, 0.1) is 11.8 Å². The van der Waals surface area contributed by atoms with E-state index in [0.717, 1.165) is 6.54 Å². The van der Waals surface area contributed by atoms with Gasteiger partial charge in [0.2, 0.25) is 0 Å². The van der Waals surface area contributed by atoms with Crippen LogP contribution in [-0.2, 0) is 0 Å². The molecule has 2 heteroatoms. The highest BCUT2D eigenvalue weighted by atomic mass is 15.1. The van der Waals surface area contributed by atoms with Crippen molar-refractivity contribution in [1.82, 2.24) is 4.90 Å². The van der Waals surface area contributed by atoms with E-state index in [1.165, 1.54) is 6.42 Å². The van der Waals surface area contributed by atoms with Gasteiger partial charge in [0.15, 0.2) is 0 Å². The Balaban J connectivity index is 4.23. The van der Waals surface area contributed by atoms with E-state index < -0.39 is 0 Å². The zero-order chi connectivity index (χ0) is 9.72. The molecule has 0 aromatic carbocycles. The summed E-state index contributed by atoms with van der Waals surface area (Å²) in [5.74, 6) is 1.31. The Morgan fingerprint density at radius 1 is 1.25 bits per heavy atom. The summed E-state index contributed by atoms with van der Waals surface area (Å²) in [4.78, 5) is 2.29. The third-order valence-electron chi connectivity index (χ3n) is 2.70. The van der Waals surface area contributed by atoms with Crippen LogP contribution in [0.25, 0.3) is 0 Å². The molecular weight excluding hydrogens is 148 g/mol. The van der Waals surface area contributed by atoms with Gasteiger partial charge in [0.1, 0.15) is 0 Å². The predicted octanol–water partition coefficient (Wildman–Crippen LogP) is 1.56. The molecule has 0 aliphatic rings.